The number of carbonyl (C=O) groups is 4. The first kappa shape index (κ1) is 18.9. The first-order chi connectivity index (χ1) is 11.4. The number of urea groups is 1. The van der Waals surface area contributed by atoms with Gasteiger partial charge in [-0.05, 0) is 19.1 Å². The van der Waals surface area contributed by atoms with Gasteiger partial charge in [-0.2, -0.15) is 0 Å². The van der Waals surface area contributed by atoms with Crippen molar-refractivity contribution in [3.05, 3.63) is 42.5 Å². The van der Waals surface area contributed by atoms with E-state index in [1.807, 2.05) is 5.32 Å². The fourth-order valence-corrected chi connectivity index (χ4v) is 1.51. The van der Waals surface area contributed by atoms with Crippen molar-refractivity contribution < 1.29 is 28.7 Å². The Morgan fingerprint density at radius 3 is 2.62 bits per heavy atom. The maximum absolute atomic E-state index is 11.5. The molecule has 8 heteroatoms. The van der Waals surface area contributed by atoms with Crippen LogP contribution in [0.1, 0.15) is 17.3 Å². The highest BCUT2D eigenvalue weighted by atomic mass is 16.6. The minimum absolute atomic E-state index is 0.130. The molecule has 1 rings (SSSR count). The number of ketones is 1. The number of nitrogens with one attached hydrogen (secondary N) is 2. The molecule has 0 aliphatic carbocycles. The summed E-state index contributed by atoms with van der Waals surface area (Å²) in [7, 11) is 0. The first-order valence-corrected chi connectivity index (χ1v) is 7.00. The zero-order valence-electron chi connectivity index (χ0n) is 13.2. The predicted molar refractivity (Wildman–Crippen MR) is 84.6 cm³/mol. The molecular weight excluding hydrogens is 316 g/mol. The van der Waals surface area contributed by atoms with Crippen LogP contribution >= 0.6 is 0 Å². The number of carbonyl (C=O) groups excluding carboxylic acids is 4. The van der Waals surface area contributed by atoms with Crippen molar-refractivity contribution in [3.63, 3.8) is 0 Å². The van der Waals surface area contributed by atoms with Crippen molar-refractivity contribution in [1.29, 1.82) is 0 Å². The third kappa shape index (κ3) is 7.21. The molecule has 0 saturated carbocycles. The largest absolute Gasteiger partial charge is 0.482 e. The summed E-state index contributed by atoms with van der Waals surface area (Å²) in [6.07, 6.45) is 1.45. The Labute approximate surface area is 138 Å². The molecule has 0 atom stereocenters. The van der Waals surface area contributed by atoms with Crippen LogP contribution < -0.4 is 15.4 Å². The van der Waals surface area contributed by atoms with E-state index in [2.05, 4.69) is 16.6 Å². The van der Waals surface area contributed by atoms with E-state index in [0.29, 0.717) is 11.3 Å². The van der Waals surface area contributed by atoms with Gasteiger partial charge in [0, 0.05) is 12.1 Å². The average molecular weight is 334 g/mol. The van der Waals surface area contributed by atoms with Gasteiger partial charge in [-0.1, -0.05) is 18.2 Å². The number of rotatable bonds is 8. The molecule has 0 spiro atoms. The summed E-state index contributed by atoms with van der Waals surface area (Å²) in [4.78, 5) is 45.3. The standard InChI is InChI=1S/C16H18N2O6/c1-3-7-17-16(22)18-14(20)9-24-15(21)10-23-13-6-4-5-12(8-13)11(2)19/h3-6,8H,1,7,9-10H2,2H3,(H2,17,18,20,22). The van der Waals surface area contributed by atoms with Gasteiger partial charge in [-0.15, -0.1) is 6.58 Å². The van der Waals surface area contributed by atoms with Crippen molar-refractivity contribution in [3.8, 4) is 5.75 Å². The second kappa shape index (κ2) is 9.78. The molecule has 0 saturated heterocycles. The van der Waals surface area contributed by atoms with Crippen LogP contribution in [-0.2, 0) is 14.3 Å². The highest BCUT2D eigenvalue weighted by Gasteiger charge is 2.11. The molecule has 1 aromatic carbocycles. The smallest absolute Gasteiger partial charge is 0.344 e. The van der Waals surface area contributed by atoms with E-state index >= 15 is 0 Å². The highest BCUT2D eigenvalue weighted by molar-refractivity contribution is 5.95. The van der Waals surface area contributed by atoms with E-state index in [1.165, 1.54) is 19.1 Å². The Morgan fingerprint density at radius 1 is 1.21 bits per heavy atom. The lowest BCUT2D eigenvalue weighted by atomic mass is 10.1. The summed E-state index contributed by atoms with van der Waals surface area (Å²) in [6, 6.07) is 5.60. The summed E-state index contributed by atoms with van der Waals surface area (Å²) in [5.74, 6) is -1.37. The van der Waals surface area contributed by atoms with Gasteiger partial charge in [-0.25, -0.2) is 9.59 Å². The first-order valence-electron chi connectivity index (χ1n) is 7.00. The van der Waals surface area contributed by atoms with Crippen molar-refractivity contribution in [2.24, 2.45) is 0 Å². The number of amides is 3. The van der Waals surface area contributed by atoms with E-state index < -0.39 is 31.1 Å². The van der Waals surface area contributed by atoms with Gasteiger partial charge in [0.05, 0.1) is 0 Å². The molecule has 3 amide bonds. The van der Waals surface area contributed by atoms with E-state index in [-0.39, 0.29) is 12.3 Å². The Hall–Kier alpha value is -3.16. The Kier molecular flexibility index (Phi) is 7.69. The van der Waals surface area contributed by atoms with Crippen LogP contribution in [0, 0.1) is 0 Å². The molecule has 24 heavy (non-hydrogen) atoms. The quantitative estimate of drug-likeness (QED) is 0.414. The van der Waals surface area contributed by atoms with E-state index in [4.69, 9.17) is 4.74 Å². The average Bonchev–Trinajstić information content (AvgIpc) is 2.56. The summed E-state index contributed by atoms with van der Waals surface area (Å²) in [5, 5.41) is 4.30. The number of ether oxygens (including phenoxy) is 2. The zero-order valence-corrected chi connectivity index (χ0v) is 13.2. The molecule has 8 nitrogen and oxygen atoms in total. The van der Waals surface area contributed by atoms with Crippen LogP contribution in [0.2, 0.25) is 0 Å². The second-order valence-corrected chi connectivity index (χ2v) is 4.58. The minimum atomic E-state index is -0.787. The molecule has 0 aromatic heterocycles. The number of imide groups is 1. The van der Waals surface area contributed by atoms with Gasteiger partial charge >= 0.3 is 12.0 Å². The molecule has 128 valence electrons. The van der Waals surface area contributed by atoms with Crippen molar-refractivity contribution in [1.82, 2.24) is 10.6 Å². The van der Waals surface area contributed by atoms with E-state index in [9.17, 15) is 19.2 Å². The molecule has 0 fully saturated rings. The fraction of sp³-hybridized carbons (Fsp3) is 0.250. The van der Waals surface area contributed by atoms with Crippen LogP contribution in [0.25, 0.3) is 0 Å². The zero-order chi connectivity index (χ0) is 17.9. The fourth-order valence-electron chi connectivity index (χ4n) is 1.51. The van der Waals surface area contributed by atoms with Crippen LogP contribution in [0.3, 0.4) is 0 Å². The Balaban J connectivity index is 2.32. The SMILES string of the molecule is C=CCNC(=O)NC(=O)COC(=O)COc1cccc(C(C)=O)c1. The summed E-state index contributed by atoms with van der Waals surface area (Å²) in [6.45, 7) is 3.97. The minimum Gasteiger partial charge on any atom is -0.482 e. The van der Waals surface area contributed by atoms with Crippen molar-refractivity contribution in [2.45, 2.75) is 6.92 Å². The monoisotopic (exact) mass is 334 g/mol. The van der Waals surface area contributed by atoms with Gasteiger partial charge in [0.25, 0.3) is 5.91 Å². The van der Waals surface area contributed by atoms with Gasteiger partial charge in [0.1, 0.15) is 5.75 Å². The highest BCUT2D eigenvalue weighted by Crippen LogP contribution is 2.13. The molecule has 1 aromatic rings. The van der Waals surface area contributed by atoms with Crippen LogP contribution in [0.4, 0.5) is 4.79 Å². The molecule has 0 aliphatic rings. The summed E-state index contributed by atoms with van der Waals surface area (Å²) < 4.78 is 9.84. The maximum Gasteiger partial charge on any atom is 0.344 e. The number of hydrogen-bond donors (Lipinski definition) is 2. The van der Waals surface area contributed by atoms with Gasteiger partial charge in [-0.3, -0.25) is 14.9 Å². The molecule has 2 N–H and O–H groups in total. The third-order valence-corrected chi connectivity index (χ3v) is 2.62. The molecule has 0 radical (unpaired) electrons. The lowest BCUT2D eigenvalue weighted by molar-refractivity contribution is -0.150. The van der Waals surface area contributed by atoms with Crippen molar-refractivity contribution >= 4 is 23.7 Å². The number of hydrogen-bond acceptors (Lipinski definition) is 6. The summed E-state index contributed by atoms with van der Waals surface area (Å²) >= 11 is 0. The van der Waals surface area contributed by atoms with E-state index in [1.54, 1.807) is 18.2 Å². The van der Waals surface area contributed by atoms with E-state index in [0.717, 1.165) is 0 Å². The number of Topliss-reactive ketones (excluding diaryl/α,β-unsaturated/α-hetero) is 1. The molecule has 0 unspecified atom stereocenters. The maximum atomic E-state index is 11.5. The number of esters is 1. The number of benzene rings is 1. The second-order valence-electron chi connectivity index (χ2n) is 4.58. The molecular formula is C16H18N2O6. The van der Waals surface area contributed by atoms with Crippen LogP contribution in [-0.4, -0.2) is 43.4 Å². The topological polar surface area (TPSA) is 111 Å². The Bertz CT molecular complexity index is 641. The van der Waals surface area contributed by atoms with Gasteiger partial charge < -0.3 is 14.8 Å². The van der Waals surface area contributed by atoms with Crippen LogP contribution in [0.5, 0.6) is 5.75 Å². The van der Waals surface area contributed by atoms with Crippen molar-refractivity contribution in [2.75, 3.05) is 19.8 Å². The normalized spacial score (nSPS) is 9.54. The van der Waals surface area contributed by atoms with Gasteiger partial charge in [0.15, 0.2) is 19.0 Å². The van der Waals surface area contributed by atoms with Gasteiger partial charge in [0.2, 0.25) is 0 Å². The molecule has 0 heterocycles. The third-order valence-electron chi connectivity index (χ3n) is 2.62. The molecule has 0 bridgehead atoms. The van der Waals surface area contributed by atoms with Crippen LogP contribution in [0.15, 0.2) is 36.9 Å². The summed E-state index contributed by atoms with van der Waals surface area (Å²) in [5.41, 5.74) is 0.450. The molecule has 0 aliphatic heterocycles. The predicted octanol–water partition coefficient (Wildman–Crippen LogP) is 0.823. The lowest BCUT2D eigenvalue weighted by Gasteiger charge is -2.08. The lowest BCUT2D eigenvalue weighted by Crippen LogP contribution is -2.41. The Morgan fingerprint density at radius 2 is 1.96 bits per heavy atom.